The van der Waals surface area contributed by atoms with E-state index in [9.17, 15) is 18.0 Å². The van der Waals surface area contributed by atoms with E-state index in [-0.39, 0.29) is 34.8 Å². The van der Waals surface area contributed by atoms with Crippen molar-refractivity contribution in [2.75, 3.05) is 6.61 Å². The Bertz CT molecular complexity index is 430. The van der Waals surface area contributed by atoms with Gasteiger partial charge in [0.05, 0.1) is 11.5 Å². The summed E-state index contributed by atoms with van der Waals surface area (Å²) in [6.45, 7) is 3.62. The number of thioether (sulfide) groups is 1. The van der Waals surface area contributed by atoms with Gasteiger partial charge in [-0.25, -0.2) is 0 Å². The minimum Gasteiger partial charge on any atom is -0.493 e. The number of carbonyl (C=O) groups is 1. The molecule has 0 aliphatic rings. The molecule has 0 saturated heterocycles. The van der Waals surface area contributed by atoms with Crippen LogP contribution in [-0.2, 0) is 0 Å². The fraction of sp³-hybridized carbons (Fsp3) is 0.417. The van der Waals surface area contributed by atoms with Crippen molar-refractivity contribution < 1.29 is 22.7 Å². The molecular formula is C12H13F3O2S. The summed E-state index contributed by atoms with van der Waals surface area (Å²) in [5, 5.41) is 0. The van der Waals surface area contributed by atoms with Gasteiger partial charge in [-0.2, -0.15) is 13.2 Å². The number of hydrogen-bond acceptors (Lipinski definition) is 3. The van der Waals surface area contributed by atoms with Gasteiger partial charge in [0.1, 0.15) is 5.75 Å². The molecule has 0 N–H and O–H groups in total. The topological polar surface area (TPSA) is 26.3 Å². The third kappa shape index (κ3) is 4.25. The highest BCUT2D eigenvalue weighted by molar-refractivity contribution is 8.00. The second-order valence-electron chi connectivity index (χ2n) is 3.42. The van der Waals surface area contributed by atoms with E-state index in [0.717, 1.165) is 0 Å². The Morgan fingerprint density at radius 1 is 1.33 bits per heavy atom. The number of benzene rings is 1. The molecule has 0 spiro atoms. The van der Waals surface area contributed by atoms with Crippen LogP contribution in [0.4, 0.5) is 13.2 Å². The van der Waals surface area contributed by atoms with Gasteiger partial charge in [0, 0.05) is 12.0 Å². The Morgan fingerprint density at radius 2 is 2.00 bits per heavy atom. The van der Waals surface area contributed by atoms with Crippen LogP contribution < -0.4 is 4.74 Å². The van der Waals surface area contributed by atoms with Crippen molar-refractivity contribution in [3.63, 3.8) is 0 Å². The summed E-state index contributed by atoms with van der Waals surface area (Å²) in [5.41, 5.74) is -4.00. The maximum absolute atomic E-state index is 12.3. The highest BCUT2D eigenvalue weighted by atomic mass is 32.2. The quantitative estimate of drug-likeness (QED) is 0.593. The van der Waals surface area contributed by atoms with Crippen LogP contribution in [0.3, 0.4) is 0 Å². The zero-order valence-electron chi connectivity index (χ0n) is 10.0. The first-order valence-electron chi connectivity index (χ1n) is 5.43. The molecular weight excluding hydrogens is 265 g/mol. The third-order valence-corrected chi connectivity index (χ3v) is 2.90. The van der Waals surface area contributed by atoms with Crippen LogP contribution in [0.25, 0.3) is 0 Å². The van der Waals surface area contributed by atoms with Crippen LogP contribution in [0.2, 0.25) is 0 Å². The molecule has 1 aromatic carbocycles. The lowest BCUT2D eigenvalue weighted by atomic mass is 10.1. The predicted octanol–water partition coefficient (Wildman–Crippen LogP) is 4.29. The molecule has 0 unspecified atom stereocenters. The number of ether oxygens (including phenoxy) is 1. The Labute approximate surface area is 108 Å². The molecule has 0 fully saturated rings. The van der Waals surface area contributed by atoms with Crippen LogP contribution in [0.1, 0.15) is 30.6 Å². The first kappa shape index (κ1) is 14.9. The summed E-state index contributed by atoms with van der Waals surface area (Å²) in [6, 6.07) is 4.03. The zero-order valence-corrected chi connectivity index (χ0v) is 10.8. The van der Waals surface area contributed by atoms with Crippen LogP contribution in [0.15, 0.2) is 23.1 Å². The number of Topliss-reactive ketones (excluding diaryl/α,β-unsaturated/α-hetero) is 1. The average molecular weight is 278 g/mol. The third-order valence-electron chi connectivity index (χ3n) is 2.11. The predicted molar refractivity (Wildman–Crippen MR) is 64.1 cm³/mol. The molecule has 0 atom stereocenters. The number of ketones is 1. The van der Waals surface area contributed by atoms with Gasteiger partial charge < -0.3 is 4.74 Å². The molecule has 18 heavy (non-hydrogen) atoms. The monoisotopic (exact) mass is 278 g/mol. The molecule has 6 heteroatoms. The summed E-state index contributed by atoms with van der Waals surface area (Å²) in [6.07, 6.45) is 0.303. The van der Waals surface area contributed by atoms with Gasteiger partial charge in [-0.05, 0) is 30.8 Å². The van der Waals surface area contributed by atoms with Gasteiger partial charge in [0.15, 0.2) is 5.78 Å². The maximum atomic E-state index is 12.3. The molecule has 0 saturated carbocycles. The number of carbonyl (C=O) groups excluding carboxylic acids is 1. The van der Waals surface area contributed by atoms with Crippen molar-refractivity contribution in [3.8, 4) is 5.75 Å². The van der Waals surface area contributed by atoms with Gasteiger partial charge in [-0.3, -0.25) is 4.79 Å². The van der Waals surface area contributed by atoms with Crippen molar-refractivity contribution in [2.45, 2.75) is 30.7 Å². The summed E-state index contributed by atoms with van der Waals surface area (Å²) >= 11 is -0.241. The molecule has 100 valence electrons. The molecule has 1 rings (SSSR count). The molecule has 0 heterocycles. The largest absolute Gasteiger partial charge is 0.493 e. The molecule has 0 bridgehead atoms. The van der Waals surface area contributed by atoms with Crippen LogP contribution in [0.5, 0.6) is 5.75 Å². The Kier molecular flexibility index (Phi) is 5.07. The van der Waals surface area contributed by atoms with Crippen molar-refractivity contribution in [2.24, 2.45) is 0 Å². The number of hydrogen-bond donors (Lipinski definition) is 0. The van der Waals surface area contributed by atoms with Gasteiger partial charge in [0.2, 0.25) is 0 Å². The average Bonchev–Trinajstić information content (AvgIpc) is 2.29. The first-order valence-corrected chi connectivity index (χ1v) is 6.24. The van der Waals surface area contributed by atoms with E-state index < -0.39 is 5.51 Å². The van der Waals surface area contributed by atoms with Crippen molar-refractivity contribution in [1.82, 2.24) is 0 Å². The second-order valence-corrected chi connectivity index (χ2v) is 4.53. The molecule has 0 radical (unpaired) electrons. The van der Waals surface area contributed by atoms with Crippen molar-refractivity contribution in [1.29, 1.82) is 0 Å². The lowest BCUT2D eigenvalue weighted by Gasteiger charge is -2.12. The van der Waals surface area contributed by atoms with E-state index in [0.29, 0.717) is 12.0 Å². The smallest absolute Gasteiger partial charge is 0.446 e. The summed E-state index contributed by atoms with van der Waals surface area (Å²) in [4.78, 5) is 11.5. The fourth-order valence-electron chi connectivity index (χ4n) is 1.36. The van der Waals surface area contributed by atoms with Crippen molar-refractivity contribution in [3.05, 3.63) is 23.8 Å². The second kappa shape index (κ2) is 6.13. The first-order chi connectivity index (χ1) is 8.37. The standard InChI is InChI=1S/C12H13F3O2S/c1-3-9(16)8-5-6-11(18-12(13,14)15)10(7-8)17-4-2/h5-7H,3-4H2,1-2H3. The molecule has 2 nitrogen and oxygen atoms in total. The highest BCUT2D eigenvalue weighted by Gasteiger charge is 2.31. The summed E-state index contributed by atoms with van der Waals surface area (Å²) in [7, 11) is 0. The zero-order chi connectivity index (χ0) is 13.8. The number of rotatable bonds is 5. The Morgan fingerprint density at radius 3 is 2.50 bits per heavy atom. The van der Waals surface area contributed by atoms with E-state index >= 15 is 0 Å². The van der Waals surface area contributed by atoms with E-state index in [4.69, 9.17) is 4.74 Å². The summed E-state index contributed by atoms with van der Waals surface area (Å²) in [5.74, 6) is -0.0290. The van der Waals surface area contributed by atoms with Crippen LogP contribution in [-0.4, -0.2) is 17.9 Å². The number of halogens is 3. The minimum absolute atomic E-state index is 0.0306. The normalized spacial score (nSPS) is 11.4. The van der Waals surface area contributed by atoms with E-state index in [1.165, 1.54) is 18.2 Å². The van der Waals surface area contributed by atoms with Crippen LogP contribution in [0, 0.1) is 0 Å². The highest BCUT2D eigenvalue weighted by Crippen LogP contribution is 2.41. The van der Waals surface area contributed by atoms with Gasteiger partial charge in [-0.15, -0.1) is 0 Å². The maximum Gasteiger partial charge on any atom is 0.446 e. The van der Waals surface area contributed by atoms with E-state index in [1.54, 1.807) is 13.8 Å². The molecule has 0 aromatic heterocycles. The minimum atomic E-state index is -4.37. The van der Waals surface area contributed by atoms with Gasteiger partial charge >= 0.3 is 5.51 Å². The van der Waals surface area contributed by atoms with Crippen molar-refractivity contribution >= 4 is 17.5 Å². The van der Waals surface area contributed by atoms with E-state index in [2.05, 4.69) is 0 Å². The fourth-order valence-corrected chi connectivity index (χ4v) is 1.97. The Balaban J connectivity index is 3.08. The lowest BCUT2D eigenvalue weighted by molar-refractivity contribution is -0.0329. The van der Waals surface area contributed by atoms with E-state index in [1.807, 2.05) is 0 Å². The Hall–Kier alpha value is -1.17. The van der Waals surface area contributed by atoms with Crippen LogP contribution >= 0.6 is 11.8 Å². The SMILES string of the molecule is CCOc1cc(C(=O)CC)ccc1SC(F)(F)F. The molecule has 0 aliphatic heterocycles. The molecule has 0 aliphatic carbocycles. The molecule has 1 aromatic rings. The van der Waals surface area contributed by atoms with Gasteiger partial charge in [-0.1, -0.05) is 13.0 Å². The molecule has 0 amide bonds. The van der Waals surface area contributed by atoms with Gasteiger partial charge in [0.25, 0.3) is 0 Å². The lowest BCUT2D eigenvalue weighted by Crippen LogP contribution is -2.03. The summed E-state index contributed by atoms with van der Waals surface area (Å²) < 4.78 is 42.1. The number of alkyl halides is 3.